The predicted molar refractivity (Wildman–Crippen MR) is 124 cm³/mol. The molecule has 2 aromatic carbocycles. The first-order chi connectivity index (χ1) is 17.1. The van der Waals surface area contributed by atoms with Crippen LogP contribution in [0, 0.1) is 0 Å². The molecule has 1 aliphatic rings. The van der Waals surface area contributed by atoms with Crippen molar-refractivity contribution in [2.45, 2.75) is 51.9 Å². The second kappa shape index (κ2) is 10.2. The molecule has 2 heterocycles. The molecule has 0 amide bonds. The summed E-state index contributed by atoms with van der Waals surface area (Å²) in [5.74, 6) is -3.53. The minimum Gasteiger partial charge on any atom is -0.507 e. The van der Waals surface area contributed by atoms with Crippen LogP contribution in [0.3, 0.4) is 0 Å². The molecular weight excluding hydrogens is 479 g/mol. The van der Waals surface area contributed by atoms with Crippen molar-refractivity contribution in [3.8, 4) is 17.2 Å². The van der Waals surface area contributed by atoms with E-state index in [9.17, 15) is 27.9 Å². The van der Waals surface area contributed by atoms with Gasteiger partial charge in [-0.05, 0) is 69.5 Å². The first-order valence-electron chi connectivity index (χ1n) is 11.8. The Kier molecular flexibility index (Phi) is 7.26. The monoisotopic (exact) mass is 506 g/mol. The number of carbonyl (C=O) groups is 1. The minimum absolute atomic E-state index is 0.0919. The smallest absolute Gasteiger partial charge is 0.453 e. The van der Waals surface area contributed by atoms with Crippen molar-refractivity contribution in [2.75, 3.05) is 13.2 Å². The molecule has 2 N–H and O–H groups in total. The van der Waals surface area contributed by atoms with E-state index in [2.05, 4.69) is 0 Å². The molecule has 4 rings (SSSR count). The van der Waals surface area contributed by atoms with Crippen molar-refractivity contribution in [1.82, 2.24) is 0 Å². The number of phenols is 1. The van der Waals surface area contributed by atoms with Crippen LogP contribution >= 0.6 is 0 Å². The van der Waals surface area contributed by atoms with Crippen molar-refractivity contribution in [1.29, 1.82) is 0 Å². The molecule has 1 aliphatic heterocycles. The lowest BCUT2D eigenvalue weighted by molar-refractivity contribution is -0.941. The van der Waals surface area contributed by atoms with Gasteiger partial charge in [0, 0.05) is 0 Å². The summed E-state index contributed by atoms with van der Waals surface area (Å²) in [5, 5.41) is 10.4. The highest BCUT2D eigenvalue weighted by atomic mass is 19.4. The van der Waals surface area contributed by atoms with E-state index in [1.807, 2.05) is 6.92 Å². The van der Waals surface area contributed by atoms with Gasteiger partial charge in [0.2, 0.25) is 11.2 Å². The summed E-state index contributed by atoms with van der Waals surface area (Å²) in [4.78, 5) is 26.2. The van der Waals surface area contributed by atoms with Gasteiger partial charge in [-0.15, -0.1) is 0 Å². The highest BCUT2D eigenvalue weighted by molar-refractivity contribution is 5.89. The van der Waals surface area contributed by atoms with Crippen LogP contribution in [-0.2, 0) is 17.5 Å². The first-order valence-corrected chi connectivity index (χ1v) is 11.8. The number of nitrogens with one attached hydrogen (secondary N) is 1. The lowest BCUT2D eigenvalue weighted by Gasteiger charge is -2.30. The number of piperidine rings is 1. The van der Waals surface area contributed by atoms with E-state index in [0.29, 0.717) is 0 Å². The number of alkyl halides is 3. The highest BCUT2D eigenvalue weighted by Gasteiger charge is 2.41. The third-order valence-electron chi connectivity index (χ3n) is 6.43. The van der Waals surface area contributed by atoms with Crippen LogP contribution in [0.25, 0.3) is 11.0 Å². The van der Waals surface area contributed by atoms with Gasteiger partial charge in [0.25, 0.3) is 5.76 Å². The van der Waals surface area contributed by atoms with Gasteiger partial charge in [0.05, 0.1) is 35.7 Å². The van der Waals surface area contributed by atoms with E-state index in [-0.39, 0.29) is 52.8 Å². The van der Waals surface area contributed by atoms with Gasteiger partial charge >= 0.3 is 12.1 Å². The molecule has 1 aromatic heterocycles. The Morgan fingerprint density at radius 1 is 1.17 bits per heavy atom. The van der Waals surface area contributed by atoms with E-state index in [1.165, 1.54) is 36.4 Å². The molecule has 0 bridgehead atoms. The Labute approximate surface area is 205 Å². The fourth-order valence-electron chi connectivity index (χ4n) is 4.47. The maximum absolute atomic E-state index is 14.0. The number of halogens is 3. The number of rotatable bonds is 6. The molecule has 7 nitrogen and oxygen atoms in total. The molecule has 1 saturated heterocycles. The quantitative estimate of drug-likeness (QED) is 0.481. The Morgan fingerprint density at radius 3 is 2.53 bits per heavy atom. The number of quaternary nitrogens is 1. The van der Waals surface area contributed by atoms with Crippen molar-refractivity contribution in [2.24, 2.45) is 0 Å². The number of hydrogen-bond donors (Lipinski definition) is 2. The van der Waals surface area contributed by atoms with Crippen molar-refractivity contribution in [3.05, 3.63) is 63.5 Å². The molecule has 10 heteroatoms. The van der Waals surface area contributed by atoms with Crippen LogP contribution in [0.5, 0.6) is 17.2 Å². The van der Waals surface area contributed by atoms with Crippen LogP contribution in [0.15, 0.2) is 45.6 Å². The predicted octanol–water partition coefficient (Wildman–Crippen LogP) is 4.44. The first kappa shape index (κ1) is 25.6. The zero-order valence-corrected chi connectivity index (χ0v) is 19.9. The van der Waals surface area contributed by atoms with E-state index in [1.54, 1.807) is 6.92 Å². The molecule has 1 unspecified atom stereocenters. The van der Waals surface area contributed by atoms with Gasteiger partial charge in [0.15, 0.2) is 5.58 Å². The summed E-state index contributed by atoms with van der Waals surface area (Å²) >= 11 is 0. The van der Waals surface area contributed by atoms with Gasteiger partial charge in [-0.25, -0.2) is 4.79 Å². The van der Waals surface area contributed by atoms with E-state index in [4.69, 9.17) is 13.9 Å². The summed E-state index contributed by atoms with van der Waals surface area (Å²) in [6.45, 7) is 4.89. The van der Waals surface area contributed by atoms with Crippen LogP contribution in [0.1, 0.15) is 54.8 Å². The largest absolute Gasteiger partial charge is 0.507 e. The number of esters is 1. The maximum Gasteiger partial charge on any atom is 0.453 e. The Balaban J connectivity index is 1.78. The Morgan fingerprint density at radius 2 is 1.89 bits per heavy atom. The molecule has 3 aromatic rings. The topological polar surface area (TPSA) is 90.4 Å². The molecule has 2 atom stereocenters. The molecule has 0 spiro atoms. The van der Waals surface area contributed by atoms with E-state index in [0.717, 1.165) is 30.7 Å². The Hall–Kier alpha value is -3.53. The third-order valence-corrected chi connectivity index (χ3v) is 6.43. The number of phenolic OH excluding ortho intramolecular Hbond substituents is 1. The normalized spacial score (nSPS) is 18.2. The highest BCUT2D eigenvalue weighted by Crippen LogP contribution is 2.39. The number of fused-ring (bicyclic) bond motifs is 1. The summed E-state index contributed by atoms with van der Waals surface area (Å²) in [6.07, 6.45) is -2.04. The van der Waals surface area contributed by atoms with Gasteiger partial charge in [0.1, 0.15) is 18.0 Å². The molecule has 0 aliphatic carbocycles. The molecule has 0 saturated carbocycles. The van der Waals surface area contributed by atoms with Crippen LogP contribution < -0.4 is 15.1 Å². The number of hydrogen-bond acceptors (Lipinski definition) is 6. The summed E-state index contributed by atoms with van der Waals surface area (Å²) < 4.78 is 57.6. The van der Waals surface area contributed by atoms with Crippen LogP contribution in [-0.4, -0.2) is 30.3 Å². The SMILES string of the molecule is CCOC(=O)c1ccc(Oc2c(C(F)(F)F)oc3c(C[NH+]4CCCC[C@H]4C)c(O)ccc3c2=O)cc1. The zero-order chi connectivity index (χ0) is 26.0. The fraction of sp³-hybridized carbons (Fsp3) is 0.385. The average Bonchev–Trinajstić information content (AvgIpc) is 2.83. The molecule has 36 heavy (non-hydrogen) atoms. The molecule has 0 radical (unpaired) electrons. The van der Waals surface area contributed by atoms with E-state index >= 15 is 0 Å². The molecular formula is C26H27F3NO6+. The molecule has 192 valence electrons. The lowest BCUT2D eigenvalue weighted by atomic mass is 10.0. The third kappa shape index (κ3) is 5.18. The number of carbonyl (C=O) groups excluding carboxylic acids is 1. The van der Waals surface area contributed by atoms with Gasteiger partial charge in [-0.2, -0.15) is 13.2 Å². The summed E-state index contributed by atoms with van der Waals surface area (Å²) in [5.41, 5.74) is -0.979. The summed E-state index contributed by atoms with van der Waals surface area (Å²) in [7, 11) is 0. The number of ether oxygens (including phenoxy) is 2. The summed E-state index contributed by atoms with van der Waals surface area (Å²) in [6, 6.07) is 7.94. The average molecular weight is 506 g/mol. The number of benzene rings is 2. The fourth-order valence-corrected chi connectivity index (χ4v) is 4.47. The maximum atomic E-state index is 14.0. The second-order valence-corrected chi connectivity index (χ2v) is 8.86. The second-order valence-electron chi connectivity index (χ2n) is 8.86. The number of likely N-dealkylation sites (tertiary alicyclic amines) is 1. The minimum atomic E-state index is -5.04. The van der Waals surface area contributed by atoms with Crippen molar-refractivity contribution < 1.29 is 41.9 Å². The standard InChI is InChI=1S/C26H26F3NO6/c1-3-34-25(33)16-7-9-17(10-8-16)35-23-21(32)18-11-12-20(31)19(14-30-13-5-4-6-15(30)2)22(18)36-24(23)26(27,28)29/h7-12,15,31H,3-6,13-14H2,1-2H3/p+1/t15-/m1/s1. The van der Waals surface area contributed by atoms with Gasteiger partial charge in [-0.3, -0.25) is 4.79 Å². The van der Waals surface area contributed by atoms with Crippen LogP contribution in [0.2, 0.25) is 0 Å². The van der Waals surface area contributed by atoms with Crippen LogP contribution in [0.4, 0.5) is 13.2 Å². The lowest BCUT2D eigenvalue weighted by Crippen LogP contribution is -3.14. The van der Waals surface area contributed by atoms with Crippen molar-refractivity contribution >= 4 is 16.9 Å². The van der Waals surface area contributed by atoms with E-state index < -0.39 is 29.1 Å². The van der Waals surface area contributed by atoms with Crippen molar-refractivity contribution in [3.63, 3.8) is 0 Å². The van der Waals surface area contributed by atoms with Gasteiger partial charge < -0.3 is 23.9 Å². The number of aromatic hydroxyl groups is 1. The Bertz CT molecular complexity index is 1320. The zero-order valence-electron chi connectivity index (χ0n) is 19.9. The van der Waals surface area contributed by atoms with Gasteiger partial charge in [-0.1, -0.05) is 0 Å². The molecule has 1 fully saturated rings.